The molecule has 0 saturated carbocycles. The first kappa shape index (κ1) is 9.90. The molecule has 3 heteroatoms. The van der Waals surface area contributed by atoms with Gasteiger partial charge in [0.15, 0.2) is 0 Å². The fourth-order valence-corrected chi connectivity index (χ4v) is 1.44. The molecule has 1 aliphatic heterocycles. The van der Waals surface area contributed by atoms with Gasteiger partial charge < -0.3 is 4.74 Å². The van der Waals surface area contributed by atoms with E-state index in [9.17, 15) is 4.79 Å². The van der Waals surface area contributed by atoms with Crippen LogP contribution in [0.5, 0.6) is 0 Å². The summed E-state index contributed by atoms with van der Waals surface area (Å²) in [5.41, 5.74) is 1.45. The normalized spacial score (nSPS) is 18.1. The van der Waals surface area contributed by atoms with Crippen molar-refractivity contribution >= 4 is 12.2 Å². The third-order valence-electron chi connectivity index (χ3n) is 2.26. The number of nitrogens with zero attached hydrogens (tertiary/aromatic N) is 1. The van der Waals surface area contributed by atoms with Gasteiger partial charge in [0.2, 0.25) is 5.90 Å². The summed E-state index contributed by atoms with van der Waals surface area (Å²) < 4.78 is 5.49. The van der Waals surface area contributed by atoms with Gasteiger partial charge in [0.05, 0.1) is 5.54 Å². The number of hydrogen-bond acceptors (Lipinski definition) is 3. The highest BCUT2D eigenvalue weighted by Gasteiger charge is 2.26. The van der Waals surface area contributed by atoms with Crippen molar-refractivity contribution in [1.82, 2.24) is 0 Å². The second-order valence-electron chi connectivity index (χ2n) is 4.26. The largest absolute Gasteiger partial charge is 0.475 e. The molecule has 0 radical (unpaired) electrons. The van der Waals surface area contributed by atoms with Crippen LogP contribution >= 0.6 is 0 Å². The van der Waals surface area contributed by atoms with Gasteiger partial charge in [-0.15, -0.1) is 0 Å². The van der Waals surface area contributed by atoms with E-state index in [-0.39, 0.29) is 5.54 Å². The Morgan fingerprint density at radius 1 is 1.33 bits per heavy atom. The lowest BCUT2D eigenvalue weighted by Gasteiger charge is -2.07. The number of carbonyl (C=O) groups is 1. The first-order valence-corrected chi connectivity index (χ1v) is 4.89. The minimum atomic E-state index is -0.140. The van der Waals surface area contributed by atoms with E-state index in [0.29, 0.717) is 18.1 Å². The van der Waals surface area contributed by atoms with Gasteiger partial charge in [-0.3, -0.25) is 4.79 Å². The molecule has 0 aliphatic carbocycles. The Bertz CT molecular complexity index is 404. The quantitative estimate of drug-likeness (QED) is 0.690. The van der Waals surface area contributed by atoms with Gasteiger partial charge in [-0.25, -0.2) is 4.99 Å². The fourth-order valence-electron chi connectivity index (χ4n) is 1.44. The molecule has 0 amide bonds. The van der Waals surface area contributed by atoms with Crippen LogP contribution in [0.4, 0.5) is 0 Å². The molecule has 1 aromatic rings. The van der Waals surface area contributed by atoms with Crippen molar-refractivity contribution in [3.8, 4) is 0 Å². The minimum Gasteiger partial charge on any atom is -0.475 e. The van der Waals surface area contributed by atoms with Crippen LogP contribution in [0.15, 0.2) is 29.3 Å². The molecule has 1 heterocycles. The number of hydrogen-bond donors (Lipinski definition) is 0. The van der Waals surface area contributed by atoms with Crippen LogP contribution in [0.25, 0.3) is 0 Å². The molecule has 0 bridgehead atoms. The Kier molecular flexibility index (Phi) is 2.31. The summed E-state index contributed by atoms with van der Waals surface area (Å²) in [7, 11) is 0. The van der Waals surface area contributed by atoms with Gasteiger partial charge >= 0.3 is 0 Å². The molecule has 0 aromatic heterocycles. The molecular weight excluding hydrogens is 190 g/mol. The smallest absolute Gasteiger partial charge is 0.216 e. The highest BCUT2D eigenvalue weighted by atomic mass is 16.5. The lowest BCUT2D eigenvalue weighted by molar-refractivity contribution is 0.112. The van der Waals surface area contributed by atoms with E-state index in [2.05, 4.69) is 4.99 Å². The van der Waals surface area contributed by atoms with Crippen LogP contribution in [-0.4, -0.2) is 24.3 Å². The molecule has 0 N–H and O–H groups in total. The lowest BCUT2D eigenvalue weighted by Crippen LogP contribution is -2.17. The van der Waals surface area contributed by atoms with Crippen molar-refractivity contribution in [2.75, 3.05) is 6.61 Å². The zero-order chi connectivity index (χ0) is 10.9. The monoisotopic (exact) mass is 203 g/mol. The van der Waals surface area contributed by atoms with Crippen LogP contribution < -0.4 is 0 Å². The van der Waals surface area contributed by atoms with Gasteiger partial charge in [0, 0.05) is 11.1 Å². The number of rotatable bonds is 2. The number of ether oxygens (including phenoxy) is 1. The Labute approximate surface area is 88.8 Å². The predicted octanol–water partition coefficient (Wildman–Crippen LogP) is 2.05. The number of aldehydes is 1. The molecule has 15 heavy (non-hydrogen) atoms. The van der Waals surface area contributed by atoms with Crippen molar-refractivity contribution in [1.29, 1.82) is 0 Å². The second-order valence-corrected chi connectivity index (χ2v) is 4.26. The van der Waals surface area contributed by atoms with Crippen molar-refractivity contribution in [2.45, 2.75) is 19.4 Å². The summed E-state index contributed by atoms with van der Waals surface area (Å²) in [5.74, 6) is 0.664. The van der Waals surface area contributed by atoms with Crippen molar-refractivity contribution in [2.24, 2.45) is 4.99 Å². The zero-order valence-corrected chi connectivity index (χ0v) is 8.86. The van der Waals surface area contributed by atoms with Crippen molar-refractivity contribution in [3.05, 3.63) is 35.4 Å². The molecule has 0 spiro atoms. The van der Waals surface area contributed by atoms with E-state index in [1.165, 1.54) is 0 Å². The highest BCUT2D eigenvalue weighted by Crippen LogP contribution is 2.20. The summed E-state index contributed by atoms with van der Waals surface area (Å²) in [4.78, 5) is 14.9. The van der Waals surface area contributed by atoms with E-state index in [1.807, 2.05) is 26.0 Å². The topological polar surface area (TPSA) is 38.7 Å². The summed E-state index contributed by atoms with van der Waals surface area (Å²) in [6.45, 7) is 4.66. The molecule has 0 fully saturated rings. The zero-order valence-electron chi connectivity index (χ0n) is 8.86. The van der Waals surface area contributed by atoms with Gasteiger partial charge in [0.1, 0.15) is 12.9 Å². The molecule has 0 atom stereocenters. The maximum Gasteiger partial charge on any atom is 0.216 e. The number of aliphatic imine (C=N–C) groups is 1. The van der Waals surface area contributed by atoms with E-state index in [1.54, 1.807) is 12.1 Å². The Morgan fingerprint density at radius 2 is 2.00 bits per heavy atom. The highest BCUT2D eigenvalue weighted by molar-refractivity contribution is 5.96. The maximum absolute atomic E-state index is 10.5. The van der Waals surface area contributed by atoms with Gasteiger partial charge in [0.25, 0.3) is 0 Å². The van der Waals surface area contributed by atoms with Crippen LogP contribution in [-0.2, 0) is 4.74 Å². The van der Waals surface area contributed by atoms with E-state index in [0.717, 1.165) is 11.8 Å². The van der Waals surface area contributed by atoms with Gasteiger partial charge in [-0.1, -0.05) is 12.1 Å². The van der Waals surface area contributed by atoms with E-state index < -0.39 is 0 Å². The Balaban J connectivity index is 2.28. The van der Waals surface area contributed by atoms with E-state index >= 15 is 0 Å². The Hall–Kier alpha value is -1.64. The first-order valence-electron chi connectivity index (χ1n) is 4.89. The van der Waals surface area contributed by atoms with Crippen LogP contribution in [0.1, 0.15) is 29.8 Å². The molecular formula is C12H13NO2. The van der Waals surface area contributed by atoms with E-state index in [4.69, 9.17) is 4.74 Å². The molecule has 78 valence electrons. The SMILES string of the molecule is CC1(C)COC(c2ccc(C=O)cc2)=N1. The van der Waals surface area contributed by atoms with Crippen LogP contribution in [0.2, 0.25) is 0 Å². The third-order valence-corrected chi connectivity index (χ3v) is 2.26. The average Bonchev–Trinajstić information content (AvgIpc) is 2.59. The van der Waals surface area contributed by atoms with Crippen LogP contribution in [0, 0.1) is 0 Å². The number of benzene rings is 1. The molecule has 0 saturated heterocycles. The van der Waals surface area contributed by atoms with Crippen molar-refractivity contribution in [3.63, 3.8) is 0 Å². The number of carbonyl (C=O) groups excluding carboxylic acids is 1. The fraction of sp³-hybridized carbons (Fsp3) is 0.333. The minimum absolute atomic E-state index is 0.140. The summed E-state index contributed by atoms with van der Waals surface area (Å²) in [6, 6.07) is 7.23. The summed E-state index contributed by atoms with van der Waals surface area (Å²) in [5, 5.41) is 0. The second kappa shape index (κ2) is 3.50. The predicted molar refractivity (Wildman–Crippen MR) is 58.4 cm³/mol. The van der Waals surface area contributed by atoms with Crippen LogP contribution in [0.3, 0.4) is 0 Å². The standard InChI is InChI=1S/C12H13NO2/c1-12(2)8-15-11(13-12)10-5-3-9(7-14)4-6-10/h3-7H,8H2,1-2H3. The Morgan fingerprint density at radius 3 is 2.47 bits per heavy atom. The third kappa shape index (κ3) is 2.06. The molecule has 1 aliphatic rings. The molecule has 0 unspecified atom stereocenters. The molecule has 2 rings (SSSR count). The van der Waals surface area contributed by atoms with Gasteiger partial charge in [-0.2, -0.15) is 0 Å². The summed E-state index contributed by atoms with van der Waals surface area (Å²) >= 11 is 0. The molecule has 1 aromatic carbocycles. The lowest BCUT2D eigenvalue weighted by atomic mass is 10.1. The summed E-state index contributed by atoms with van der Waals surface area (Å²) in [6.07, 6.45) is 0.824. The average molecular weight is 203 g/mol. The first-order chi connectivity index (χ1) is 7.11. The molecule has 3 nitrogen and oxygen atoms in total. The maximum atomic E-state index is 10.5. The van der Waals surface area contributed by atoms with Crippen molar-refractivity contribution < 1.29 is 9.53 Å². The van der Waals surface area contributed by atoms with Gasteiger partial charge in [-0.05, 0) is 26.0 Å².